The second-order valence-electron chi connectivity index (χ2n) is 4.71. The van der Waals surface area contributed by atoms with Gasteiger partial charge in [-0.05, 0) is 38.6 Å². The lowest BCUT2D eigenvalue weighted by molar-refractivity contribution is 0.178. The molecule has 0 saturated carbocycles. The zero-order valence-electron chi connectivity index (χ0n) is 10.0. The number of hydrogen-bond donors (Lipinski definition) is 1. The van der Waals surface area contributed by atoms with E-state index in [1.165, 1.54) is 12.8 Å². The third-order valence-corrected chi connectivity index (χ3v) is 3.56. The molecule has 0 spiro atoms. The summed E-state index contributed by atoms with van der Waals surface area (Å²) >= 11 is 0. The molecule has 3 rings (SSSR count). The van der Waals surface area contributed by atoms with Crippen molar-refractivity contribution in [3.63, 3.8) is 0 Å². The van der Waals surface area contributed by atoms with E-state index < -0.39 is 0 Å². The first-order valence-corrected chi connectivity index (χ1v) is 6.07. The maximum atomic E-state index is 5.90. The Kier molecular flexibility index (Phi) is 2.48. The monoisotopic (exact) mass is 231 g/mol. The minimum absolute atomic E-state index is 0.362. The normalized spacial score (nSPS) is 22.1. The molecule has 0 amide bonds. The molecule has 2 aromatic heterocycles. The lowest BCUT2D eigenvalue weighted by Gasteiger charge is -2.30. The number of nitrogens with two attached hydrogens (primary N) is 1. The third-order valence-electron chi connectivity index (χ3n) is 3.56. The molecule has 1 atom stereocenters. The first kappa shape index (κ1) is 10.5. The standard InChI is InChI=1S/C12H17N5/c1-16-7-3-2-6-10(16)12-15-14-11-9(13)5-4-8-17(11)12/h4-5,8,10H,2-3,6-7,13H2,1H3. The van der Waals surface area contributed by atoms with E-state index in [2.05, 4.69) is 22.1 Å². The van der Waals surface area contributed by atoms with Crippen molar-refractivity contribution in [3.8, 4) is 0 Å². The highest BCUT2D eigenvalue weighted by atomic mass is 15.3. The number of rotatable bonds is 1. The number of aromatic nitrogens is 3. The van der Waals surface area contributed by atoms with Crippen LogP contribution in [0.3, 0.4) is 0 Å². The van der Waals surface area contributed by atoms with Gasteiger partial charge in [0.1, 0.15) is 0 Å². The number of likely N-dealkylation sites (tertiary alicyclic amines) is 1. The fourth-order valence-electron chi connectivity index (χ4n) is 2.58. The summed E-state index contributed by atoms with van der Waals surface area (Å²) in [5, 5.41) is 8.51. The molecule has 1 aliphatic rings. The summed E-state index contributed by atoms with van der Waals surface area (Å²) in [5.41, 5.74) is 7.35. The lowest BCUT2D eigenvalue weighted by Crippen LogP contribution is -2.30. The fraction of sp³-hybridized carbons (Fsp3) is 0.500. The van der Waals surface area contributed by atoms with E-state index >= 15 is 0 Å². The van der Waals surface area contributed by atoms with Crippen molar-refractivity contribution >= 4 is 11.3 Å². The van der Waals surface area contributed by atoms with Gasteiger partial charge in [-0.25, -0.2) is 0 Å². The van der Waals surface area contributed by atoms with Crippen LogP contribution < -0.4 is 5.73 Å². The largest absolute Gasteiger partial charge is 0.396 e. The van der Waals surface area contributed by atoms with Gasteiger partial charge in [0.15, 0.2) is 11.5 Å². The Bertz CT molecular complexity index is 533. The molecule has 5 nitrogen and oxygen atoms in total. The van der Waals surface area contributed by atoms with E-state index in [0.717, 1.165) is 24.4 Å². The number of nitrogen functional groups attached to an aromatic ring is 1. The van der Waals surface area contributed by atoms with Crippen LogP contribution in [-0.4, -0.2) is 33.1 Å². The summed E-state index contributed by atoms with van der Waals surface area (Å²) in [6.45, 7) is 1.13. The van der Waals surface area contributed by atoms with E-state index in [4.69, 9.17) is 5.73 Å². The summed E-state index contributed by atoms with van der Waals surface area (Å²) in [6, 6.07) is 4.16. The van der Waals surface area contributed by atoms with Crippen molar-refractivity contribution < 1.29 is 0 Å². The Hall–Kier alpha value is -1.62. The molecule has 17 heavy (non-hydrogen) atoms. The number of piperidine rings is 1. The Morgan fingerprint density at radius 2 is 2.24 bits per heavy atom. The fourth-order valence-corrected chi connectivity index (χ4v) is 2.58. The highest BCUT2D eigenvalue weighted by Crippen LogP contribution is 2.29. The molecule has 1 aliphatic heterocycles. The second-order valence-corrected chi connectivity index (χ2v) is 4.71. The Balaban J connectivity index is 2.08. The van der Waals surface area contributed by atoms with Gasteiger partial charge >= 0.3 is 0 Å². The van der Waals surface area contributed by atoms with Gasteiger partial charge in [-0.3, -0.25) is 9.30 Å². The molecule has 2 N–H and O–H groups in total. The summed E-state index contributed by atoms with van der Waals surface area (Å²) < 4.78 is 2.02. The summed E-state index contributed by atoms with van der Waals surface area (Å²) in [7, 11) is 2.15. The van der Waals surface area contributed by atoms with Gasteiger partial charge < -0.3 is 5.73 Å². The molecular formula is C12H17N5. The predicted molar refractivity (Wildman–Crippen MR) is 66.6 cm³/mol. The van der Waals surface area contributed by atoms with Gasteiger partial charge in [-0.1, -0.05) is 6.42 Å². The highest BCUT2D eigenvalue weighted by Gasteiger charge is 2.25. The first-order valence-electron chi connectivity index (χ1n) is 6.07. The van der Waals surface area contributed by atoms with E-state index in [1.807, 2.05) is 22.7 Å². The van der Waals surface area contributed by atoms with E-state index in [1.54, 1.807) is 0 Å². The number of anilines is 1. The Morgan fingerprint density at radius 1 is 1.35 bits per heavy atom. The second kappa shape index (κ2) is 4.00. The van der Waals surface area contributed by atoms with Crippen molar-refractivity contribution in [2.75, 3.05) is 19.3 Å². The van der Waals surface area contributed by atoms with Crippen LogP contribution in [0.2, 0.25) is 0 Å². The number of nitrogens with zero attached hydrogens (tertiary/aromatic N) is 4. The zero-order chi connectivity index (χ0) is 11.8. The molecular weight excluding hydrogens is 214 g/mol. The van der Waals surface area contributed by atoms with Crippen LogP contribution in [0.25, 0.3) is 5.65 Å². The lowest BCUT2D eigenvalue weighted by atomic mass is 10.0. The first-order chi connectivity index (χ1) is 8.27. The van der Waals surface area contributed by atoms with Crippen LogP contribution in [-0.2, 0) is 0 Å². The highest BCUT2D eigenvalue weighted by molar-refractivity contribution is 5.63. The molecule has 5 heteroatoms. The quantitative estimate of drug-likeness (QED) is 0.807. The van der Waals surface area contributed by atoms with Crippen LogP contribution in [0.5, 0.6) is 0 Å². The third kappa shape index (κ3) is 1.67. The summed E-state index contributed by atoms with van der Waals surface area (Å²) in [4.78, 5) is 2.35. The van der Waals surface area contributed by atoms with E-state index in [9.17, 15) is 0 Å². The Labute approximate surface area is 100 Å². The maximum Gasteiger partial charge on any atom is 0.184 e. The molecule has 0 radical (unpaired) electrons. The van der Waals surface area contributed by atoms with Crippen molar-refractivity contribution in [3.05, 3.63) is 24.2 Å². The van der Waals surface area contributed by atoms with Crippen LogP contribution in [0, 0.1) is 0 Å². The van der Waals surface area contributed by atoms with Crippen LogP contribution in [0.4, 0.5) is 5.69 Å². The molecule has 2 aromatic rings. The van der Waals surface area contributed by atoms with Gasteiger partial charge in [0.25, 0.3) is 0 Å². The molecule has 90 valence electrons. The van der Waals surface area contributed by atoms with Crippen molar-refractivity contribution in [1.29, 1.82) is 0 Å². The van der Waals surface area contributed by atoms with Gasteiger partial charge in [-0.15, -0.1) is 10.2 Å². The maximum absolute atomic E-state index is 5.90. The molecule has 1 unspecified atom stereocenters. The zero-order valence-corrected chi connectivity index (χ0v) is 10.0. The van der Waals surface area contributed by atoms with Gasteiger partial charge in [-0.2, -0.15) is 0 Å². The number of hydrogen-bond acceptors (Lipinski definition) is 4. The van der Waals surface area contributed by atoms with Gasteiger partial charge in [0.05, 0.1) is 11.7 Å². The minimum Gasteiger partial charge on any atom is -0.396 e. The van der Waals surface area contributed by atoms with Crippen LogP contribution in [0.15, 0.2) is 18.3 Å². The van der Waals surface area contributed by atoms with Crippen molar-refractivity contribution in [2.45, 2.75) is 25.3 Å². The van der Waals surface area contributed by atoms with Crippen molar-refractivity contribution in [1.82, 2.24) is 19.5 Å². The molecule has 0 bridgehead atoms. The molecule has 1 saturated heterocycles. The number of pyridine rings is 1. The van der Waals surface area contributed by atoms with Crippen LogP contribution >= 0.6 is 0 Å². The number of fused-ring (bicyclic) bond motifs is 1. The average Bonchev–Trinajstić information content (AvgIpc) is 2.75. The smallest absolute Gasteiger partial charge is 0.184 e. The summed E-state index contributed by atoms with van der Waals surface area (Å²) in [5.74, 6) is 1.01. The molecule has 1 fully saturated rings. The minimum atomic E-state index is 0.362. The van der Waals surface area contributed by atoms with Crippen LogP contribution in [0.1, 0.15) is 31.1 Å². The van der Waals surface area contributed by atoms with Crippen molar-refractivity contribution in [2.24, 2.45) is 0 Å². The molecule has 0 aromatic carbocycles. The van der Waals surface area contributed by atoms with Gasteiger partial charge in [0.2, 0.25) is 0 Å². The average molecular weight is 231 g/mol. The van der Waals surface area contributed by atoms with Gasteiger partial charge in [0, 0.05) is 6.20 Å². The summed E-state index contributed by atoms with van der Waals surface area (Å²) in [6.07, 6.45) is 5.66. The molecule has 3 heterocycles. The predicted octanol–water partition coefficient (Wildman–Crippen LogP) is 1.47. The molecule has 0 aliphatic carbocycles. The van der Waals surface area contributed by atoms with E-state index in [-0.39, 0.29) is 0 Å². The Morgan fingerprint density at radius 3 is 3.06 bits per heavy atom. The topological polar surface area (TPSA) is 59.5 Å². The van der Waals surface area contributed by atoms with E-state index in [0.29, 0.717) is 11.7 Å². The SMILES string of the molecule is CN1CCCCC1c1nnc2c(N)cccn12.